The van der Waals surface area contributed by atoms with Crippen LogP contribution >= 0.6 is 0 Å². The first kappa shape index (κ1) is 14.1. The average molecular weight is 261 g/mol. The quantitative estimate of drug-likeness (QED) is 0.884. The van der Waals surface area contributed by atoms with Crippen molar-refractivity contribution >= 4 is 5.97 Å². The maximum atomic E-state index is 10.9. The Balaban J connectivity index is 2.08. The minimum absolute atomic E-state index is 0.193. The number of benzene rings is 1. The van der Waals surface area contributed by atoms with Gasteiger partial charge in [0.15, 0.2) is 0 Å². The van der Waals surface area contributed by atoms with Gasteiger partial charge in [0.2, 0.25) is 0 Å². The van der Waals surface area contributed by atoms with Crippen LogP contribution in [0.3, 0.4) is 0 Å². The fraction of sp³-hybridized carbons (Fsp3) is 0.562. The Morgan fingerprint density at radius 2 is 2.11 bits per heavy atom. The summed E-state index contributed by atoms with van der Waals surface area (Å²) >= 11 is 0. The maximum Gasteiger partial charge on any atom is 0.304 e. The SMILES string of the molecule is CCc1ccc(C(C)N2CCCC2CC(=O)O)cc1. The van der Waals surface area contributed by atoms with Crippen LogP contribution in [0.15, 0.2) is 24.3 Å². The summed E-state index contributed by atoms with van der Waals surface area (Å²) in [5, 5.41) is 8.99. The van der Waals surface area contributed by atoms with E-state index in [0.29, 0.717) is 6.04 Å². The molecule has 0 amide bonds. The molecule has 1 aliphatic rings. The van der Waals surface area contributed by atoms with Gasteiger partial charge in [0.1, 0.15) is 0 Å². The van der Waals surface area contributed by atoms with Crippen LogP contribution in [-0.2, 0) is 11.2 Å². The van der Waals surface area contributed by atoms with Gasteiger partial charge in [-0.25, -0.2) is 0 Å². The van der Waals surface area contributed by atoms with Gasteiger partial charge in [-0.05, 0) is 43.9 Å². The predicted octanol–water partition coefficient (Wildman–Crippen LogP) is 3.25. The average Bonchev–Trinajstić information content (AvgIpc) is 2.85. The van der Waals surface area contributed by atoms with Crippen LogP contribution in [0.5, 0.6) is 0 Å². The van der Waals surface area contributed by atoms with E-state index in [1.165, 1.54) is 11.1 Å². The largest absolute Gasteiger partial charge is 0.481 e. The second kappa shape index (κ2) is 6.20. The van der Waals surface area contributed by atoms with Crippen molar-refractivity contribution in [2.45, 2.75) is 51.6 Å². The summed E-state index contributed by atoms with van der Waals surface area (Å²) in [6.45, 7) is 5.34. The summed E-state index contributed by atoms with van der Waals surface area (Å²) in [5.41, 5.74) is 2.63. The number of hydrogen-bond acceptors (Lipinski definition) is 2. The molecule has 2 rings (SSSR count). The monoisotopic (exact) mass is 261 g/mol. The van der Waals surface area contributed by atoms with Crippen molar-refractivity contribution in [3.05, 3.63) is 35.4 Å². The summed E-state index contributed by atoms with van der Waals surface area (Å²) in [5.74, 6) is -0.689. The van der Waals surface area contributed by atoms with Crippen LogP contribution in [0.1, 0.15) is 50.3 Å². The third kappa shape index (κ3) is 3.35. The summed E-state index contributed by atoms with van der Waals surface area (Å²) < 4.78 is 0. The van der Waals surface area contributed by atoms with Crippen molar-refractivity contribution in [3.63, 3.8) is 0 Å². The van der Waals surface area contributed by atoms with Crippen molar-refractivity contribution in [2.75, 3.05) is 6.54 Å². The molecule has 2 unspecified atom stereocenters. The third-order valence-electron chi connectivity index (χ3n) is 4.20. The highest BCUT2D eigenvalue weighted by atomic mass is 16.4. The van der Waals surface area contributed by atoms with Crippen LogP contribution in [0.2, 0.25) is 0 Å². The zero-order chi connectivity index (χ0) is 13.8. The van der Waals surface area contributed by atoms with Crippen LogP contribution in [0.25, 0.3) is 0 Å². The van der Waals surface area contributed by atoms with Crippen molar-refractivity contribution in [2.24, 2.45) is 0 Å². The van der Waals surface area contributed by atoms with Gasteiger partial charge in [-0.15, -0.1) is 0 Å². The first-order chi connectivity index (χ1) is 9.11. The lowest BCUT2D eigenvalue weighted by Crippen LogP contribution is -2.33. The highest BCUT2D eigenvalue weighted by Gasteiger charge is 2.30. The van der Waals surface area contributed by atoms with Gasteiger partial charge in [-0.2, -0.15) is 0 Å². The molecule has 1 aromatic rings. The highest BCUT2D eigenvalue weighted by Crippen LogP contribution is 2.30. The number of likely N-dealkylation sites (tertiary alicyclic amines) is 1. The van der Waals surface area contributed by atoms with Crippen molar-refractivity contribution in [3.8, 4) is 0 Å². The van der Waals surface area contributed by atoms with E-state index in [-0.39, 0.29) is 12.5 Å². The van der Waals surface area contributed by atoms with Crippen molar-refractivity contribution < 1.29 is 9.90 Å². The summed E-state index contributed by atoms with van der Waals surface area (Å²) in [6.07, 6.45) is 3.43. The van der Waals surface area contributed by atoms with E-state index in [9.17, 15) is 4.79 Å². The lowest BCUT2D eigenvalue weighted by molar-refractivity contribution is -0.138. The molecule has 3 nitrogen and oxygen atoms in total. The molecule has 0 spiro atoms. The molecule has 2 atom stereocenters. The van der Waals surface area contributed by atoms with E-state index < -0.39 is 5.97 Å². The number of aliphatic carboxylic acids is 1. The van der Waals surface area contributed by atoms with Gasteiger partial charge >= 0.3 is 5.97 Å². The Kier molecular flexibility index (Phi) is 4.59. The number of carboxylic acids is 1. The number of aryl methyl sites for hydroxylation is 1. The molecule has 0 radical (unpaired) electrons. The molecular weight excluding hydrogens is 238 g/mol. The number of hydrogen-bond donors (Lipinski definition) is 1. The second-order valence-electron chi connectivity index (χ2n) is 5.40. The smallest absolute Gasteiger partial charge is 0.304 e. The fourth-order valence-electron chi connectivity index (χ4n) is 3.01. The van der Waals surface area contributed by atoms with Gasteiger partial charge in [-0.3, -0.25) is 9.69 Å². The molecule has 3 heteroatoms. The molecule has 0 aliphatic carbocycles. The molecule has 0 saturated carbocycles. The molecule has 0 bridgehead atoms. The number of nitrogens with zero attached hydrogens (tertiary/aromatic N) is 1. The van der Waals surface area contributed by atoms with Crippen LogP contribution in [0.4, 0.5) is 0 Å². The molecule has 104 valence electrons. The molecule has 1 N–H and O–H groups in total. The number of rotatable bonds is 5. The molecular formula is C16H23NO2. The maximum absolute atomic E-state index is 10.9. The zero-order valence-corrected chi connectivity index (χ0v) is 11.8. The minimum atomic E-state index is -0.689. The topological polar surface area (TPSA) is 40.5 Å². The summed E-state index contributed by atoms with van der Waals surface area (Å²) in [6, 6.07) is 9.21. The van der Waals surface area contributed by atoms with Gasteiger partial charge in [0.25, 0.3) is 0 Å². The predicted molar refractivity (Wildman–Crippen MR) is 76.2 cm³/mol. The van der Waals surface area contributed by atoms with Gasteiger partial charge in [0, 0.05) is 12.1 Å². The first-order valence-electron chi connectivity index (χ1n) is 7.18. The Labute approximate surface area is 115 Å². The fourth-order valence-corrected chi connectivity index (χ4v) is 3.01. The Morgan fingerprint density at radius 1 is 1.42 bits per heavy atom. The van der Waals surface area contributed by atoms with E-state index >= 15 is 0 Å². The van der Waals surface area contributed by atoms with Crippen LogP contribution < -0.4 is 0 Å². The van der Waals surface area contributed by atoms with Crippen LogP contribution in [-0.4, -0.2) is 28.6 Å². The van der Waals surface area contributed by atoms with Crippen molar-refractivity contribution in [1.82, 2.24) is 4.90 Å². The minimum Gasteiger partial charge on any atom is -0.481 e. The molecule has 0 aromatic heterocycles. The highest BCUT2D eigenvalue weighted by molar-refractivity contribution is 5.67. The standard InChI is InChI=1S/C16H23NO2/c1-3-13-6-8-14(9-7-13)12(2)17-10-4-5-15(17)11-16(18)19/h6-9,12,15H,3-5,10-11H2,1-2H3,(H,18,19). The first-order valence-corrected chi connectivity index (χ1v) is 7.18. The summed E-state index contributed by atoms with van der Waals surface area (Å²) in [7, 11) is 0. The molecule has 1 fully saturated rings. The lowest BCUT2D eigenvalue weighted by Gasteiger charge is -2.30. The van der Waals surface area contributed by atoms with Crippen molar-refractivity contribution in [1.29, 1.82) is 0 Å². The lowest BCUT2D eigenvalue weighted by atomic mass is 10.0. The van der Waals surface area contributed by atoms with Crippen LogP contribution in [0, 0.1) is 0 Å². The molecule has 1 aliphatic heterocycles. The molecule has 1 aromatic carbocycles. The van der Waals surface area contributed by atoms with E-state index in [1.54, 1.807) is 0 Å². The normalized spacial score (nSPS) is 21.5. The Hall–Kier alpha value is -1.35. The van der Waals surface area contributed by atoms with E-state index in [2.05, 4.69) is 43.0 Å². The zero-order valence-electron chi connectivity index (χ0n) is 11.8. The molecule has 19 heavy (non-hydrogen) atoms. The van der Waals surface area contributed by atoms with E-state index in [1.807, 2.05) is 0 Å². The summed E-state index contributed by atoms with van der Waals surface area (Å²) in [4.78, 5) is 13.3. The molecule has 1 heterocycles. The van der Waals surface area contributed by atoms with E-state index in [0.717, 1.165) is 25.8 Å². The van der Waals surface area contributed by atoms with Gasteiger partial charge in [0.05, 0.1) is 6.42 Å². The Bertz CT molecular complexity index is 427. The van der Waals surface area contributed by atoms with E-state index in [4.69, 9.17) is 5.11 Å². The van der Waals surface area contributed by atoms with Gasteiger partial charge < -0.3 is 5.11 Å². The Morgan fingerprint density at radius 3 is 2.68 bits per heavy atom. The number of carbonyl (C=O) groups is 1. The number of carboxylic acid groups (broad SMARTS) is 1. The second-order valence-corrected chi connectivity index (χ2v) is 5.40. The molecule has 1 saturated heterocycles. The third-order valence-corrected chi connectivity index (χ3v) is 4.20. The van der Waals surface area contributed by atoms with Gasteiger partial charge in [-0.1, -0.05) is 31.2 Å².